The molecule has 0 saturated carbocycles. The van der Waals surface area contributed by atoms with Crippen LogP contribution in [-0.2, 0) is 9.53 Å². The van der Waals surface area contributed by atoms with Crippen molar-refractivity contribution >= 4 is 23.0 Å². The topological polar surface area (TPSA) is 63.6 Å². The summed E-state index contributed by atoms with van der Waals surface area (Å²) in [6.07, 6.45) is 1.27. The van der Waals surface area contributed by atoms with Crippen molar-refractivity contribution in [1.82, 2.24) is 0 Å². The molecule has 4 nitrogen and oxygen atoms in total. The van der Waals surface area contributed by atoms with Gasteiger partial charge in [0.2, 0.25) is 0 Å². The lowest BCUT2D eigenvalue weighted by atomic mass is 9.99. The number of aliphatic carboxylic acids is 1. The van der Waals surface area contributed by atoms with E-state index in [0.29, 0.717) is 19.3 Å². The Morgan fingerprint density at radius 1 is 1.43 bits per heavy atom. The molecule has 0 aliphatic rings. The molecule has 1 N–H and O–H groups in total. The van der Waals surface area contributed by atoms with Crippen molar-refractivity contribution in [2.75, 3.05) is 0 Å². The minimum atomic E-state index is -0.846. The van der Waals surface area contributed by atoms with Crippen molar-refractivity contribution in [3.05, 3.63) is 0 Å². The maximum absolute atomic E-state index is 10.6. The van der Waals surface area contributed by atoms with E-state index in [-0.39, 0.29) is 12.0 Å². The summed E-state index contributed by atoms with van der Waals surface area (Å²) in [5, 5.41) is 8.73. The van der Waals surface area contributed by atoms with Gasteiger partial charge in [-0.15, -0.1) is 0 Å². The highest BCUT2D eigenvalue weighted by atomic mass is 35.5. The zero-order valence-corrected chi connectivity index (χ0v) is 9.08. The minimum absolute atomic E-state index is 0.326. The maximum Gasteiger partial charge on any atom is 0.404 e. The van der Waals surface area contributed by atoms with E-state index in [1.54, 1.807) is 6.92 Å². The fraction of sp³-hybridized carbons (Fsp3) is 0.778. The molecule has 2 atom stereocenters. The lowest BCUT2D eigenvalue weighted by Gasteiger charge is -2.13. The third-order valence-electron chi connectivity index (χ3n) is 2.06. The molecule has 0 rings (SSSR count). The number of rotatable bonds is 6. The van der Waals surface area contributed by atoms with Crippen LogP contribution in [0.1, 0.15) is 33.1 Å². The van der Waals surface area contributed by atoms with Crippen LogP contribution in [0.5, 0.6) is 0 Å². The molecule has 0 aromatic heterocycles. The molecule has 82 valence electrons. The van der Waals surface area contributed by atoms with E-state index in [4.69, 9.17) is 16.7 Å². The fourth-order valence-corrected chi connectivity index (χ4v) is 1.31. The summed E-state index contributed by atoms with van der Waals surface area (Å²) in [6, 6.07) is 0. The Bertz CT molecular complexity index is 205. The first-order valence-electron chi connectivity index (χ1n) is 4.56. The Labute approximate surface area is 88.2 Å². The molecule has 1 unspecified atom stereocenters. The molecular weight excluding hydrogens is 208 g/mol. The zero-order chi connectivity index (χ0) is 11.1. The summed E-state index contributed by atoms with van der Waals surface area (Å²) in [6.45, 7) is 3.51. The SMILES string of the molecule is CCC(CC[C@@H](C)OC(=O)Cl)C(=O)O. The van der Waals surface area contributed by atoms with E-state index in [1.807, 2.05) is 6.92 Å². The molecule has 5 heteroatoms. The van der Waals surface area contributed by atoms with Crippen molar-refractivity contribution in [3.8, 4) is 0 Å². The molecule has 0 aliphatic heterocycles. The standard InChI is InChI=1S/C9H15ClO4/c1-3-7(8(11)12)5-4-6(2)14-9(10)13/h6-7H,3-5H2,1-2H3,(H,11,12)/t6-,7?/m1/s1. The number of carboxylic acids is 1. The van der Waals surface area contributed by atoms with Crippen LogP contribution in [0.15, 0.2) is 0 Å². The highest BCUT2D eigenvalue weighted by Crippen LogP contribution is 2.14. The molecule has 0 aromatic carbocycles. The summed E-state index contributed by atoms with van der Waals surface area (Å²) in [5.74, 6) is -1.18. The van der Waals surface area contributed by atoms with E-state index in [0.717, 1.165) is 0 Å². The van der Waals surface area contributed by atoms with Crippen molar-refractivity contribution < 1.29 is 19.4 Å². The Morgan fingerprint density at radius 3 is 2.36 bits per heavy atom. The average molecular weight is 223 g/mol. The second-order valence-electron chi connectivity index (χ2n) is 3.19. The van der Waals surface area contributed by atoms with Crippen LogP contribution < -0.4 is 0 Å². The third kappa shape index (κ3) is 5.80. The Kier molecular flexibility index (Phi) is 6.28. The lowest BCUT2D eigenvalue weighted by molar-refractivity contribution is -0.142. The van der Waals surface area contributed by atoms with E-state index in [1.165, 1.54) is 0 Å². The molecule has 0 amide bonds. The van der Waals surface area contributed by atoms with E-state index in [2.05, 4.69) is 4.74 Å². The predicted molar refractivity (Wildman–Crippen MR) is 52.4 cm³/mol. The van der Waals surface area contributed by atoms with E-state index >= 15 is 0 Å². The Morgan fingerprint density at radius 2 is 2.00 bits per heavy atom. The Hall–Kier alpha value is -0.770. The summed E-state index contributed by atoms with van der Waals surface area (Å²) in [4.78, 5) is 21.0. The quantitative estimate of drug-likeness (QED) is 0.702. The minimum Gasteiger partial charge on any atom is -0.481 e. The average Bonchev–Trinajstić information content (AvgIpc) is 2.03. The van der Waals surface area contributed by atoms with Gasteiger partial charge in [-0.3, -0.25) is 4.79 Å². The highest BCUT2D eigenvalue weighted by Gasteiger charge is 2.17. The fourth-order valence-electron chi connectivity index (χ4n) is 1.16. The van der Waals surface area contributed by atoms with Crippen molar-refractivity contribution in [2.45, 2.75) is 39.2 Å². The number of halogens is 1. The molecule has 0 spiro atoms. The first kappa shape index (κ1) is 13.2. The van der Waals surface area contributed by atoms with Gasteiger partial charge in [0.15, 0.2) is 0 Å². The van der Waals surface area contributed by atoms with Gasteiger partial charge in [0.25, 0.3) is 0 Å². The number of carbonyl (C=O) groups is 2. The lowest BCUT2D eigenvalue weighted by Crippen LogP contribution is -2.17. The van der Waals surface area contributed by atoms with Crippen LogP contribution in [-0.4, -0.2) is 22.6 Å². The van der Waals surface area contributed by atoms with Gasteiger partial charge in [0.05, 0.1) is 5.92 Å². The number of carboxylic acid groups (broad SMARTS) is 1. The van der Waals surface area contributed by atoms with Crippen LogP contribution in [0.2, 0.25) is 0 Å². The smallest absolute Gasteiger partial charge is 0.404 e. The van der Waals surface area contributed by atoms with Crippen LogP contribution in [0, 0.1) is 5.92 Å². The first-order chi connectivity index (χ1) is 6.47. The number of carbonyl (C=O) groups excluding carboxylic acids is 1. The number of hydrogen-bond donors (Lipinski definition) is 1. The van der Waals surface area contributed by atoms with Gasteiger partial charge in [-0.25, -0.2) is 4.79 Å². The van der Waals surface area contributed by atoms with Gasteiger partial charge in [0.1, 0.15) is 6.10 Å². The van der Waals surface area contributed by atoms with Gasteiger partial charge >= 0.3 is 11.4 Å². The molecule has 14 heavy (non-hydrogen) atoms. The highest BCUT2D eigenvalue weighted by molar-refractivity contribution is 6.61. The Balaban J connectivity index is 3.79. The van der Waals surface area contributed by atoms with Crippen molar-refractivity contribution in [2.24, 2.45) is 5.92 Å². The second-order valence-corrected chi connectivity index (χ2v) is 3.50. The third-order valence-corrected chi connectivity index (χ3v) is 2.15. The van der Waals surface area contributed by atoms with Gasteiger partial charge in [-0.1, -0.05) is 6.92 Å². The molecule has 0 bridgehead atoms. The largest absolute Gasteiger partial charge is 0.481 e. The van der Waals surface area contributed by atoms with Gasteiger partial charge in [-0.05, 0) is 26.2 Å². The van der Waals surface area contributed by atoms with E-state index < -0.39 is 11.4 Å². The summed E-state index contributed by atoms with van der Waals surface area (Å²) >= 11 is 5.01. The van der Waals surface area contributed by atoms with Crippen LogP contribution in [0.4, 0.5) is 4.79 Å². The van der Waals surface area contributed by atoms with Crippen LogP contribution >= 0.6 is 11.6 Å². The van der Waals surface area contributed by atoms with Crippen LogP contribution in [0.25, 0.3) is 0 Å². The molecule has 0 heterocycles. The molecule has 0 aliphatic carbocycles. The number of ether oxygens (including phenoxy) is 1. The molecular formula is C9H15ClO4. The maximum atomic E-state index is 10.6. The second kappa shape index (κ2) is 6.65. The molecule has 0 radical (unpaired) electrons. The van der Waals surface area contributed by atoms with E-state index in [9.17, 15) is 9.59 Å². The van der Waals surface area contributed by atoms with Gasteiger partial charge in [-0.2, -0.15) is 0 Å². The summed E-state index contributed by atoms with van der Waals surface area (Å²) in [7, 11) is 0. The summed E-state index contributed by atoms with van der Waals surface area (Å²) in [5.41, 5.74) is -0.846. The van der Waals surface area contributed by atoms with Gasteiger partial charge < -0.3 is 9.84 Å². The normalized spacial score (nSPS) is 14.5. The molecule has 0 fully saturated rings. The number of hydrogen-bond acceptors (Lipinski definition) is 3. The zero-order valence-electron chi connectivity index (χ0n) is 8.33. The van der Waals surface area contributed by atoms with Crippen molar-refractivity contribution in [3.63, 3.8) is 0 Å². The van der Waals surface area contributed by atoms with Crippen LogP contribution in [0.3, 0.4) is 0 Å². The molecule has 0 saturated heterocycles. The summed E-state index contributed by atoms with van der Waals surface area (Å²) < 4.78 is 4.66. The first-order valence-corrected chi connectivity index (χ1v) is 4.94. The predicted octanol–water partition coefficient (Wildman–Crippen LogP) is 2.64. The van der Waals surface area contributed by atoms with Crippen molar-refractivity contribution in [1.29, 1.82) is 0 Å². The molecule has 0 aromatic rings. The monoisotopic (exact) mass is 222 g/mol. The van der Waals surface area contributed by atoms with Gasteiger partial charge in [0, 0.05) is 11.6 Å².